The lowest BCUT2D eigenvalue weighted by Gasteiger charge is -2.36. The molecule has 0 saturated heterocycles. The maximum Gasteiger partial charge on any atom is 0.508 e. The highest BCUT2D eigenvalue weighted by Crippen LogP contribution is 2.37. The van der Waals surface area contributed by atoms with Crippen LogP contribution in [0.2, 0.25) is 0 Å². The molecule has 0 amide bonds. The van der Waals surface area contributed by atoms with Crippen LogP contribution in [-0.2, 0) is 19.0 Å². The summed E-state index contributed by atoms with van der Waals surface area (Å²) in [5.74, 6) is -0.291. The van der Waals surface area contributed by atoms with Crippen LogP contribution in [0.15, 0.2) is 0 Å². The van der Waals surface area contributed by atoms with Crippen LogP contribution in [0, 0.1) is 5.41 Å². The van der Waals surface area contributed by atoms with Gasteiger partial charge in [0.1, 0.15) is 11.5 Å². The molecule has 21 heavy (non-hydrogen) atoms. The molecule has 0 aromatic carbocycles. The van der Waals surface area contributed by atoms with Gasteiger partial charge in [0.2, 0.25) is 0 Å². The molecule has 0 spiro atoms. The zero-order chi connectivity index (χ0) is 16.3. The van der Waals surface area contributed by atoms with Gasteiger partial charge in [-0.15, -0.1) is 0 Å². The van der Waals surface area contributed by atoms with E-state index >= 15 is 0 Å². The highest BCUT2D eigenvalue weighted by molar-refractivity contribution is 5.78. The first kappa shape index (κ1) is 19.7. The van der Waals surface area contributed by atoms with E-state index in [1.54, 1.807) is 13.8 Å². The molecular weight excluding hydrogens is 272 g/mol. The minimum Gasteiger partial charge on any atom is -0.465 e. The van der Waals surface area contributed by atoms with Crippen molar-refractivity contribution in [3.63, 3.8) is 0 Å². The lowest BCUT2D eigenvalue weighted by molar-refractivity contribution is -0.165. The Hall–Kier alpha value is -1.26. The number of carbonyl (C=O) groups is 2. The molecule has 0 heterocycles. The van der Waals surface area contributed by atoms with Crippen LogP contribution in [0.25, 0.3) is 0 Å². The van der Waals surface area contributed by atoms with Gasteiger partial charge >= 0.3 is 12.1 Å². The third-order valence-corrected chi connectivity index (χ3v) is 3.88. The van der Waals surface area contributed by atoms with Crippen LogP contribution < -0.4 is 0 Å². The summed E-state index contributed by atoms with van der Waals surface area (Å²) in [5, 5.41) is 0. The Bertz CT molecular complexity index is 310. The van der Waals surface area contributed by atoms with Crippen molar-refractivity contribution in [1.82, 2.24) is 0 Å². The average molecular weight is 302 g/mol. The van der Waals surface area contributed by atoms with E-state index in [-0.39, 0.29) is 12.6 Å². The van der Waals surface area contributed by atoms with E-state index in [4.69, 9.17) is 14.2 Å². The molecule has 5 nitrogen and oxygen atoms in total. The number of unbranched alkanes of at least 4 members (excludes halogenated alkanes) is 1. The van der Waals surface area contributed by atoms with Crippen molar-refractivity contribution in [1.29, 1.82) is 0 Å². The Morgan fingerprint density at radius 3 is 1.95 bits per heavy atom. The highest BCUT2D eigenvalue weighted by Gasteiger charge is 2.46. The van der Waals surface area contributed by atoms with Crippen molar-refractivity contribution in [3.05, 3.63) is 0 Å². The van der Waals surface area contributed by atoms with Gasteiger partial charge in [0.05, 0.1) is 13.2 Å². The molecule has 0 rings (SSSR count). The Morgan fingerprint density at radius 1 is 0.952 bits per heavy atom. The fourth-order valence-electron chi connectivity index (χ4n) is 2.51. The van der Waals surface area contributed by atoms with Gasteiger partial charge in [-0.25, -0.2) is 4.79 Å². The summed E-state index contributed by atoms with van der Waals surface area (Å²) in [6.45, 7) is 9.99. The van der Waals surface area contributed by atoms with Crippen molar-refractivity contribution in [2.45, 2.75) is 72.8 Å². The average Bonchev–Trinajstić information content (AvgIpc) is 2.46. The van der Waals surface area contributed by atoms with Gasteiger partial charge in [0.15, 0.2) is 0 Å². The number of ether oxygens (including phenoxy) is 3. The third-order valence-electron chi connectivity index (χ3n) is 3.88. The molecule has 0 fully saturated rings. The summed E-state index contributed by atoms with van der Waals surface area (Å²) >= 11 is 0. The second-order valence-electron chi connectivity index (χ2n) is 5.02. The molecule has 0 aliphatic heterocycles. The molecule has 0 aromatic heterocycles. The number of hydrogen-bond donors (Lipinski definition) is 0. The molecule has 0 aliphatic rings. The molecule has 124 valence electrons. The van der Waals surface area contributed by atoms with Gasteiger partial charge in [0.25, 0.3) is 0 Å². The number of hydrogen-bond acceptors (Lipinski definition) is 5. The molecule has 1 atom stereocenters. The summed E-state index contributed by atoms with van der Waals surface area (Å²) in [6.07, 6.45) is 2.39. The normalized spacial score (nSPS) is 12.6. The Kier molecular flexibility index (Phi) is 9.84. The third kappa shape index (κ3) is 5.56. The van der Waals surface area contributed by atoms with E-state index in [1.807, 2.05) is 13.8 Å². The lowest BCUT2D eigenvalue weighted by Crippen LogP contribution is -2.45. The Labute approximate surface area is 128 Å². The minimum absolute atomic E-state index is 0.254. The summed E-state index contributed by atoms with van der Waals surface area (Å²) in [5.41, 5.74) is -0.794. The van der Waals surface area contributed by atoms with E-state index < -0.39 is 17.7 Å². The molecule has 0 saturated carbocycles. The number of carbonyl (C=O) groups excluding carboxylic acids is 2. The van der Waals surface area contributed by atoms with Crippen LogP contribution >= 0.6 is 0 Å². The second-order valence-corrected chi connectivity index (χ2v) is 5.02. The molecular formula is C16H30O5. The van der Waals surface area contributed by atoms with Crippen molar-refractivity contribution < 1.29 is 23.8 Å². The van der Waals surface area contributed by atoms with E-state index in [0.717, 1.165) is 12.8 Å². The smallest absolute Gasteiger partial charge is 0.465 e. The van der Waals surface area contributed by atoms with Crippen molar-refractivity contribution in [3.8, 4) is 0 Å². The Morgan fingerprint density at radius 2 is 1.52 bits per heavy atom. The fourth-order valence-corrected chi connectivity index (χ4v) is 2.51. The topological polar surface area (TPSA) is 61.8 Å². The summed E-state index contributed by atoms with van der Waals surface area (Å²) in [7, 11) is 0. The Balaban J connectivity index is 5.25. The summed E-state index contributed by atoms with van der Waals surface area (Å²) < 4.78 is 15.5. The first-order valence-electron chi connectivity index (χ1n) is 8.02. The van der Waals surface area contributed by atoms with Gasteiger partial charge in [-0.3, -0.25) is 4.79 Å². The standard InChI is InChI=1S/C16H30O5/c1-6-11-12-13(21-15(18)20-10-5)16(7-2,8-3)14(17)19-9-4/h13H,6-12H2,1-5H3. The fraction of sp³-hybridized carbons (Fsp3) is 0.875. The predicted molar refractivity (Wildman–Crippen MR) is 81.1 cm³/mol. The van der Waals surface area contributed by atoms with Gasteiger partial charge in [0, 0.05) is 0 Å². The van der Waals surface area contributed by atoms with Gasteiger partial charge < -0.3 is 14.2 Å². The minimum atomic E-state index is -0.794. The zero-order valence-electron chi connectivity index (χ0n) is 14.1. The first-order chi connectivity index (χ1) is 10.0. The van der Waals surface area contributed by atoms with Crippen LogP contribution in [0.4, 0.5) is 4.79 Å². The van der Waals surface area contributed by atoms with Crippen LogP contribution in [0.5, 0.6) is 0 Å². The number of rotatable bonds is 10. The largest absolute Gasteiger partial charge is 0.508 e. The SMILES string of the molecule is CCCCC(OC(=O)OCC)C(CC)(CC)C(=O)OCC. The second kappa shape index (κ2) is 10.5. The van der Waals surface area contributed by atoms with Crippen molar-refractivity contribution in [2.24, 2.45) is 5.41 Å². The summed E-state index contributed by atoms with van der Waals surface area (Å²) in [4.78, 5) is 24.1. The molecule has 0 aromatic rings. The van der Waals surface area contributed by atoms with Crippen LogP contribution in [0.3, 0.4) is 0 Å². The lowest BCUT2D eigenvalue weighted by atomic mass is 9.75. The maximum atomic E-state index is 12.4. The monoisotopic (exact) mass is 302 g/mol. The molecule has 0 N–H and O–H groups in total. The first-order valence-corrected chi connectivity index (χ1v) is 8.02. The quantitative estimate of drug-likeness (QED) is 0.569. The van der Waals surface area contributed by atoms with Crippen molar-refractivity contribution >= 4 is 12.1 Å². The van der Waals surface area contributed by atoms with E-state index in [2.05, 4.69) is 6.92 Å². The zero-order valence-corrected chi connectivity index (χ0v) is 14.1. The van der Waals surface area contributed by atoms with Crippen LogP contribution in [0.1, 0.15) is 66.7 Å². The van der Waals surface area contributed by atoms with E-state index in [9.17, 15) is 9.59 Å². The maximum absolute atomic E-state index is 12.4. The highest BCUT2D eigenvalue weighted by atomic mass is 16.7. The molecule has 0 aliphatic carbocycles. The summed E-state index contributed by atoms with van der Waals surface area (Å²) in [6, 6.07) is 0. The van der Waals surface area contributed by atoms with E-state index in [0.29, 0.717) is 25.9 Å². The molecule has 1 unspecified atom stereocenters. The van der Waals surface area contributed by atoms with E-state index in [1.165, 1.54) is 0 Å². The van der Waals surface area contributed by atoms with Gasteiger partial charge in [-0.05, 0) is 33.1 Å². The molecule has 0 bridgehead atoms. The molecule has 5 heteroatoms. The van der Waals surface area contributed by atoms with Crippen molar-refractivity contribution in [2.75, 3.05) is 13.2 Å². The van der Waals surface area contributed by atoms with Gasteiger partial charge in [-0.2, -0.15) is 0 Å². The number of esters is 1. The van der Waals surface area contributed by atoms with Crippen LogP contribution in [-0.4, -0.2) is 31.4 Å². The predicted octanol–water partition coefficient (Wildman–Crippen LogP) is 4.09. The van der Waals surface area contributed by atoms with Gasteiger partial charge in [-0.1, -0.05) is 33.6 Å². The molecule has 0 radical (unpaired) electrons.